The lowest BCUT2D eigenvalue weighted by Crippen LogP contribution is -2.03. The molecule has 3 rings (SSSR count). The number of fused-ring (bicyclic) bond motifs is 1. The van der Waals surface area contributed by atoms with Gasteiger partial charge < -0.3 is 14.8 Å². The lowest BCUT2D eigenvalue weighted by atomic mass is 10.3. The maximum absolute atomic E-state index is 11.6. The van der Waals surface area contributed by atoms with Gasteiger partial charge in [-0.2, -0.15) is 4.98 Å². The number of hydrogen-bond acceptors (Lipinski definition) is 6. The molecule has 0 unspecified atom stereocenters. The minimum atomic E-state index is -0.414. The van der Waals surface area contributed by atoms with Gasteiger partial charge in [-0.1, -0.05) is 0 Å². The Hall–Kier alpha value is -2.34. The molecule has 2 N–H and O–H groups in total. The number of phenolic OH excluding ortho intramolecular Hbond substituents is 1. The Morgan fingerprint density at radius 2 is 2.00 bits per heavy atom. The molecule has 0 aliphatic rings. The van der Waals surface area contributed by atoms with E-state index in [0.29, 0.717) is 15.9 Å². The second-order valence-corrected chi connectivity index (χ2v) is 4.51. The molecular weight excluding hydrogens is 252 g/mol. The maximum atomic E-state index is 11.6. The molecule has 0 saturated heterocycles. The molecule has 0 aliphatic heterocycles. The molecule has 90 valence electrons. The highest BCUT2D eigenvalue weighted by Gasteiger charge is 2.07. The average Bonchev–Trinajstić information content (AvgIpc) is 2.81. The van der Waals surface area contributed by atoms with Gasteiger partial charge in [-0.25, -0.2) is 4.79 Å². The van der Waals surface area contributed by atoms with Gasteiger partial charge in [-0.05, 0) is 35.7 Å². The molecule has 0 fully saturated rings. The largest absolute Gasteiger partial charge is 0.508 e. The van der Waals surface area contributed by atoms with Gasteiger partial charge >= 0.3 is 11.6 Å². The average molecular weight is 260 g/mol. The van der Waals surface area contributed by atoms with Gasteiger partial charge in [0.2, 0.25) is 0 Å². The number of aromatic nitrogens is 1. The SMILES string of the molecule is O=c1oc(Nc2ccc(O)cc2)nc2sccc12. The summed E-state index contributed by atoms with van der Waals surface area (Å²) < 4.78 is 5.05. The first-order chi connectivity index (χ1) is 8.72. The third kappa shape index (κ3) is 1.93. The standard InChI is InChI=1S/C12H8N2O3S/c15-8-3-1-7(2-4-8)13-12-14-10-9(5-6-18-10)11(16)17-12/h1-6,15H,(H,13,14). The monoisotopic (exact) mass is 260 g/mol. The number of nitrogens with one attached hydrogen (secondary N) is 1. The van der Waals surface area contributed by atoms with Gasteiger partial charge in [0.05, 0.1) is 5.39 Å². The van der Waals surface area contributed by atoms with E-state index in [9.17, 15) is 4.79 Å². The molecular formula is C12H8N2O3S. The first-order valence-corrected chi connectivity index (χ1v) is 6.05. The topological polar surface area (TPSA) is 75.4 Å². The van der Waals surface area contributed by atoms with Gasteiger partial charge in [-0.15, -0.1) is 11.3 Å². The molecule has 18 heavy (non-hydrogen) atoms. The van der Waals surface area contributed by atoms with Crippen molar-refractivity contribution in [1.29, 1.82) is 0 Å². The van der Waals surface area contributed by atoms with E-state index in [0.717, 1.165) is 0 Å². The van der Waals surface area contributed by atoms with Crippen LogP contribution in [0.25, 0.3) is 10.2 Å². The van der Waals surface area contributed by atoms with Crippen molar-refractivity contribution in [1.82, 2.24) is 4.98 Å². The van der Waals surface area contributed by atoms with E-state index in [2.05, 4.69) is 10.3 Å². The van der Waals surface area contributed by atoms with Crippen LogP contribution in [-0.2, 0) is 0 Å². The van der Waals surface area contributed by atoms with E-state index in [-0.39, 0.29) is 11.8 Å². The third-order valence-electron chi connectivity index (χ3n) is 2.38. The van der Waals surface area contributed by atoms with Crippen LogP contribution in [0.5, 0.6) is 5.75 Å². The normalized spacial score (nSPS) is 10.7. The van der Waals surface area contributed by atoms with Crippen LogP contribution in [0.15, 0.2) is 44.9 Å². The van der Waals surface area contributed by atoms with E-state index in [1.165, 1.54) is 23.5 Å². The summed E-state index contributed by atoms with van der Waals surface area (Å²) in [5.74, 6) is 0.170. The van der Waals surface area contributed by atoms with Crippen LogP contribution in [0.4, 0.5) is 11.7 Å². The first-order valence-electron chi connectivity index (χ1n) is 5.17. The summed E-state index contributed by atoms with van der Waals surface area (Å²) in [6.07, 6.45) is 0. The molecule has 2 heterocycles. The predicted molar refractivity (Wildman–Crippen MR) is 69.5 cm³/mol. The molecule has 0 saturated carbocycles. The van der Waals surface area contributed by atoms with Gasteiger partial charge in [0.1, 0.15) is 10.6 Å². The summed E-state index contributed by atoms with van der Waals surface area (Å²) in [6, 6.07) is 8.21. The Labute approximate surface area is 105 Å². The van der Waals surface area contributed by atoms with Gasteiger partial charge in [0.25, 0.3) is 0 Å². The van der Waals surface area contributed by atoms with Crippen LogP contribution < -0.4 is 10.9 Å². The zero-order valence-corrected chi connectivity index (χ0v) is 9.90. The van der Waals surface area contributed by atoms with Crippen LogP contribution in [0.3, 0.4) is 0 Å². The predicted octanol–water partition coefficient (Wildman–Crippen LogP) is 2.70. The van der Waals surface area contributed by atoms with Gasteiger partial charge in [0.15, 0.2) is 0 Å². The number of hydrogen-bond donors (Lipinski definition) is 2. The van der Waals surface area contributed by atoms with E-state index < -0.39 is 5.63 Å². The Bertz CT molecular complexity index is 746. The molecule has 0 atom stereocenters. The zero-order chi connectivity index (χ0) is 12.5. The number of phenols is 1. The highest BCUT2D eigenvalue weighted by Crippen LogP contribution is 2.20. The molecule has 6 heteroatoms. The smallest absolute Gasteiger partial charge is 0.349 e. The van der Waals surface area contributed by atoms with Crippen molar-refractivity contribution < 1.29 is 9.52 Å². The lowest BCUT2D eigenvalue weighted by Gasteiger charge is -2.03. The Kier molecular flexibility index (Phi) is 2.49. The number of anilines is 2. The van der Waals surface area contributed by atoms with Crippen LogP contribution in [-0.4, -0.2) is 10.1 Å². The summed E-state index contributed by atoms with van der Waals surface area (Å²) in [5.41, 5.74) is 0.266. The minimum Gasteiger partial charge on any atom is -0.508 e. The maximum Gasteiger partial charge on any atom is 0.349 e. The molecule has 0 spiro atoms. The molecule has 1 aromatic carbocycles. The van der Waals surface area contributed by atoms with Crippen molar-refractivity contribution in [3.63, 3.8) is 0 Å². The zero-order valence-electron chi connectivity index (χ0n) is 9.08. The van der Waals surface area contributed by atoms with Crippen molar-refractivity contribution in [2.45, 2.75) is 0 Å². The van der Waals surface area contributed by atoms with Crippen LogP contribution in [0.1, 0.15) is 0 Å². The van der Waals surface area contributed by atoms with E-state index in [1.807, 2.05) is 0 Å². The van der Waals surface area contributed by atoms with Gasteiger partial charge in [0, 0.05) is 5.69 Å². The summed E-state index contributed by atoms with van der Waals surface area (Å²) in [7, 11) is 0. The fourth-order valence-corrected chi connectivity index (χ4v) is 2.27. The summed E-state index contributed by atoms with van der Waals surface area (Å²) >= 11 is 1.38. The second kappa shape index (κ2) is 4.15. The van der Waals surface area contributed by atoms with E-state index in [1.54, 1.807) is 23.6 Å². The van der Waals surface area contributed by atoms with Crippen molar-refractivity contribution in [3.8, 4) is 5.75 Å². The Balaban J connectivity index is 1.99. The van der Waals surface area contributed by atoms with Crippen molar-refractivity contribution >= 4 is 33.3 Å². The number of aromatic hydroxyl groups is 1. The molecule has 2 aromatic heterocycles. The highest BCUT2D eigenvalue weighted by atomic mass is 32.1. The van der Waals surface area contributed by atoms with E-state index >= 15 is 0 Å². The fraction of sp³-hybridized carbons (Fsp3) is 0. The molecule has 5 nitrogen and oxygen atoms in total. The van der Waals surface area contributed by atoms with Crippen LogP contribution in [0, 0.1) is 0 Å². The minimum absolute atomic E-state index is 0.139. The number of rotatable bonds is 2. The number of benzene rings is 1. The van der Waals surface area contributed by atoms with Crippen LogP contribution in [0.2, 0.25) is 0 Å². The Morgan fingerprint density at radius 1 is 1.22 bits per heavy atom. The lowest BCUT2D eigenvalue weighted by molar-refractivity contribution is 0.475. The Morgan fingerprint density at radius 3 is 2.78 bits per heavy atom. The summed E-state index contributed by atoms with van der Waals surface area (Å²) in [5, 5.41) is 14.3. The first kappa shape index (κ1) is 10.8. The van der Waals surface area contributed by atoms with Crippen LogP contribution >= 0.6 is 11.3 Å². The summed E-state index contributed by atoms with van der Waals surface area (Å²) in [4.78, 5) is 16.4. The van der Waals surface area contributed by atoms with Crippen molar-refractivity contribution in [3.05, 3.63) is 46.1 Å². The second-order valence-electron chi connectivity index (χ2n) is 3.62. The van der Waals surface area contributed by atoms with Gasteiger partial charge in [-0.3, -0.25) is 0 Å². The molecule has 0 aliphatic carbocycles. The quantitative estimate of drug-likeness (QED) is 0.693. The molecule has 3 aromatic rings. The van der Waals surface area contributed by atoms with Crippen molar-refractivity contribution in [2.24, 2.45) is 0 Å². The molecule has 0 radical (unpaired) electrons. The summed E-state index contributed by atoms with van der Waals surface area (Å²) in [6.45, 7) is 0. The van der Waals surface area contributed by atoms with Crippen molar-refractivity contribution in [2.75, 3.05) is 5.32 Å². The van der Waals surface area contributed by atoms with E-state index in [4.69, 9.17) is 9.52 Å². The number of nitrogens with zero attached hydrogens (tertiary/aromatic N) is 1. The molecule has 0 amide bonds. The third-order valence-corrected chi connectivity index (χ3v) is 3.18. The molecule has 0 bridgehead atoms. The fourth-order valence-electron chi connectivity index (χ4n) is 1.52. The highest BCUT2D eigenvalue weighted by molar-refractivity contribution is 7.16. The number of thiophene rings is 1.